The first kappa shape index (κ1) is 23.0. The molecule has 30 heavy (non-hydrogen) atoms. The monoisotopic (exact) mass is 433 g/mol. The summed E-state index contributed by atoms with van der Waals surface area (Å²) in [5.74, 6) is -0.469. The van der Waals surface area contributed by atoms with Gasteiger partial charge >= 0.3 is 6.09 Å². The lowest BCUT2D eigenvalue weighted by Crippen LogP contribution is -2.47. The molecule has 0 aliphatic rings. The summed E-state index contributed by atoms with van der Waals surface area (Å²) in [6, 6.07) is 11.4. The minimum atomic E-state index is -0.883. The third-order valence-corrected chi connectivity index (χ3v) is 4.19. The van der Waals surface area contributed by atoms with Crippen LogP contribution in [-0.2, 0) is 16.0 Å². The van der Waals surface area contributed by atoms with Crippen LogP contribution in [0.25, 0.3) is 0 Å². The summed E-state index contributed by atoms with van der Waals surface area (Å²) in [5, 5.41) is 16.4. The van der Waals surface area contributed by atoms with Gasteiger partial charge in [-0.25, -0.2) is 10.2 Å². The molecule has 2 aromatic rings. The summed E-state index contributed by atoms with van der Waals surface area (Å²) in [6.45, 7) is 3.99. The summed E-state index contributed by atoms with van der Waals surface area (Å²) in [7, 11) is 0. The van der Waals surface area contributed by atoms with Crippen molar-refractivity contribution in [3.63, 3.8) is 0 Å². The number of aromatic hydroxyl groups is 1. The topological polar surface area (TPSA) is 109 Å². The molecule has 0 bridgehead atoms. The molecule has 8 nitrogen and oxygen atoms in total. The Bertz CT molecular complexity index is 890. The average Bonchev–Trinajstić information content (AvgIpc) is 2.72. The normalized spacial score (nSPS) is 11.7. The van der Waals surface area contributed by atoms with E-state index >= 15 is 0 Å². The van der Waals surface area contributed by atoms with Crippen LogP contribution in [0, 0.1) is 0 Å². The van der Waals surface area contributed by atoms with Crippen molar-refractivity contribution in [1.29, 1.82) is 0 Å². The number of alkyl carbamates (subject to hydrolysis) is 1. The lowest BCUT2D eigenvalue weighted by atomic mass is 10.1. The number of hydrogen-bond acceptors (Lipinski definition) is 6. The maximum absolute atomic E-state index is 12.6. The molecule has 0 aliphatic heterocycles. The summed E-state index contributed by atoms with van der Waals surface area (Å²) >= 11 is 5.98. The lowest BCUT2D eigenvalue weighted by molar-refractivity contribution is -0.123. The van der Waals surface area contributed by atoms with Crippen LogP contribution in [-0.4, -0.2) is 42.6 Å². The van der Waals surface area contributed by atoms with Gasteiger partial charge in [-0.15, -0.1) is 0 Å². The van der Waals surface area contributed by atoms with E-state index < -0.39 is 18.0 Å². The number of nitrogens with one attached hydrogen (secondary N) is 2. The fraction of sp³-hybridized carbons (Fsp3) is 0.286. The van der Waals surface area contributed by atoms with Crippen LogP contribution in [0.1, 0.15) is 25.0 Å². The van der Waals surface area contributed by atoms with Gasteiger partial charge in [-0.05, 0) is 37.1 Å². The van der Waals surface area contributed by atoms with E-state index in [-0.39, 0.29) is 29.5 Å². The van der Waals surface area contributed by atoms with Crippen LogP contribution in [0.5, 0.6) is 11.5 Å². The summed E-state index contributed by atoms with van der Waals surface area (Å²) in [6.07, 6.45) is 0.931. The van der Waals surface area contributed by atoms with Crippen LogP contribution in [0.15, 0.2) is 47.6 Å². The van der Waals surface area contributed by atoms with Gasteiger partial charge in [-0.3, -0.25) is 4.79 Å². The minimum Gasteiger partial charge on any atom is -0.503 e. The molecule has 2 rings (SSSR count). The largest absolute Gasteiger partial charge is 0.503 e. The van der Waals surface area contributed by atoms with Crippen LogP contribution in [0.3, 0.4) is 0 Å². The van der Waals surface area contributed by atoms with Gasteiger partial charge in [0.25, 0.3) is 5.91 Å². The van der Waals surface area contributed by atoms with E-state index in [1.165, 1.54) is 12.3 Å². The predicted molar refractivity (Wildman–Crippen MR) is 114 cm³/mol. The molecule has 3 N–H and O–H groups in total. The molecule has 2 aromatic carbocycles. The van der Waals surface area contributed by atoms with Crippen molar-refractivity contribution in [1.82, 2.24) is 10.7 Å². The van der Waals surface area contributed by atoms with Crippen molar-refractivity contribution in [2.24, 2.45) is 5.10 Å². The zero-order valence-electron chi connectivity index (χ0n) is 16.7. The second-order valence-corrected chi connectivity index (χ2v) is 6.53. The highest BCUT2D eigenvalue weighted by atomic mass is 35.5. The standard InChI is InChI=1S/C21H24ClN3O5/c1-3-29-18-12-15(10-16(22)19(18)26)13-23-25-20(27)17(24-21(28)30-4-2)11-14-8-6-5-7-9-14/h5-10,12-13,17,26H,3-4,11H2,1-2H3,(H,24,28)(H,25,27)/b23-13-/t17-/m0/s1. The van der Waals surface area contributed by atoms with E-state index in [0.29, 0.717) is 12.2 Å². The van der Waals surface area contributed by atoms with Crippen LogP contribution in [0.4, 0.5) is 4.79 Å². The Morgan fingerprint density at radius 2 is 1.93 bits per heavy atom. The van der Waals surface area contributed by atoms with E-state index in [0.717, 1.165) is 5.56 Å². The van der Waals surface area contributed by atoms with Crippen molar-refractivity contribution in [2.45, 2.75) is 26.3 Å². The quantitative estimate of drug-likeness (QED) is 0.415. The van der Waals surface area contributed by atoms with Crippen molar-refractivity contribution < 1.29 is 24.2 Å². The number of hydrogen-bond donors (Lipinski definition) is 3. The van der Waals surface area contributed by atoms with Crippen molar-refractivity contribution in [3.8, 4) is 11.5 Å². The van der Waals surface area contributed by atoms with Gasteiger partial charge in [0.15, 0.2) is 11.5 Å². The average molecular weight is 434 g/mol. The predicted octanol–water partition coefficient (Wildman–Crippen LogP) is 3.25. The SMILES string of the molecule is CCOC(=O)N[C@@H](Cc1ccccc1)C(=O)N/N=C\c1cc(Cl)c(O)c(OCC)c1. The molecular formula is C21H24ClN3O5. The number of halogens is 1. The third kappa shape index (κ3) is 6.97. The maximum atomic E-state index is 12.6. The molecule has 2 amide bonds. The van der Waals surface area contributed by atoms with Gasteiger partial charge < -0.3 is 19.9 Å². The van der Waals surface area contributed by atoms with Gasteiger partial charge in [0.05, 0.1) is 24.5 Å². The Morgan fingerprint density at radius 3 is 2.60 bits per heavy atom. The number of nitrogens with zero attached hydrogens (tertiary/aromatic N) is 1. The molecular weight excluding hydrogens is 410 g/mol. The highest BCUT2D eigenvalue weighted by molar-refractivity contribution is 6.32. The number of phenols is 1. The number of phenolic OH excluding ortho intramolecular Hbond substituents is 1. The molecule has 0 spiro atoms. The van der Waals surface area contributed by atoms with Crippen LogP contribution in [0.2, 0.25) is 5.02 Å². The third-order valence-electron chi connectivity index (χ3n) is 3.91. The zero-order valence-corrected chi connectivity index (χ0v) is 17.5. The Hall–Kier alpha value is -3.26. The van der Waals surface area contributed by atoms with Crippen LogP contribution < -0.4 is 15.5 Å². The zero-order chi connectivity index (χ0) is 21.9. The first-order valence-electron chi connectivity index (χ1n) is 9.40. The molecule has 0 saturated heterocycles. The number of carbonyl (C=O) groups excluding carboxylic acids is 2. The summed E-state index contributed by atoms with van der Waals surface area (Å²) in [4.78, 5) is 24.4. The highest BCUT2D eigenvalue weighted by Crippen LogP contribution is 2.34. The fourth-order valence-corrected chi connectivity index (χ4v) is 2.78. The Balaban J connectivity index is 2.09. The number of benzene rings is 2. The van der Waals surface area contributed by atoms with E-state index in [4.69, 9.17) is 21.1 Å². The molecule has 0 radical (unpaired) electrons. The number of ether oxygens (including phenoxy) is 2. The Kier molecular flexibility index (Phi) is 8.96. The van der Waals surface area contributed by atoms with E-state index in [1.54, 1.807) is 19.9 Å². The second-order valence-electron chi connectivity index (χ2n) is 6.12. The maximum Gasteiger partial charge on any atom is 0.407 e. The number of carbonyl (C=O) groups is 2. The number of hydrazone groups is 1. The molecule has 9 heteroatoms. The number of rotatable bonds is 9. The summed E-state index contributed by atoms with van der Waals surface area (Å²) < 4.78 is 10.2. The van der Waals surface area contributed by atoms with E-state index in [2.05, 4.69) is 15.8 Å². The number of amides is 2. The van der Waals surface area contributed by atoms with Gasteiger partial charge in [0.2, 0.25) is 0 Å². The van der Waals surface area contributed by atoms with Crippen molar-refractivity contribution in [2.75, 3.05) is 13.2 Å². The molecule has 1 atom stereocenters. The van der Waals surface area contributed by atoms with Gasteiger partial charge in [-0.1, -0.05) is 41.9 Å². The molecule has 0 aromatic heterocycles. The first-order valence-corrected chi connectivity index (χ1v) is 9.77. The van der Waals surface area contributed by atoms with Crippen LogP contribution >= 0.6 is 11.6 Å². The Labute approximate surface area is 179 Å². The van der Waals surface area contributed by atoms with Crippen molar-refractivity contribution in [3.05, 3.63) is 58.6 Å². The smallest absolute Gasteiger partial charge is 0.407 e. The molecule has 0 saturated carbocycles. The molecule has 160 valence electrons. The highest BCUT2D eigenvalue weighted by Gasteiger charge is 2.21. The van der Waals surface area contributed by atoms with Crippen molar-refractivity contribution >= 4 is 29.8 Å². The first-order chi connectivity index (χ1) is 14.4. The van der Waals surface area contributed by atoms with Gasteiger partial charge in [0, 0.05) is 6.42 Å². The van der Waals surface area contributed by atoms with E-state index in [1.807, 2.05) is 30.3 Å². The van der Waals surface area contributed by atoms with Gasteiger partial charge in [-0.2, -0.15) is 5.10 Å². The van der Waals surface area contributed by atoms with Gasteiger partial charge in [0.1, 0.15) is 6.04 Å². The summed E-state index contributed by atoms with van der Waals surface area (Å²) in [5.41, 5.74) is 3.78. The molecule has 0 unspecified atom stereocenters. The molecule has 0 aliphatic carbocycles. The van der Waals surface area contributed by atoms with E-state index in [9.17, 15) is 14.7 Å². The Morgan fingerprint density at radius 1 is 1.20 bits per heavy atom. The minimum absolute atomic E-state index is 0.0969. The fourth-order valence-electron chi connectivity index (χ4n) is 2.56. The molecule has 0 heterocycles. The lowest BCUT2D eigenvalue weighted by Gasteiger charge is -2.16. The second kappa shape index (κ2) is 11.7. The molecule has 0 fully saturated rings.